The Morgan fingerprint density at radius 3 is 2.59 bits per heavy atom. The van der Waals surface area contributed by atoms with E-state index in [0.29, 0.717) is 21.3 Å². The molecule has 0 bridgehead atoms. The zero-order valence-corrected chi connectivity index (χ0v) is 16.9. The molecule has 3 amide bonds. The smallest absolute Gasteiger partial charge is 0.343 e. The van der Waals surface area contributed by atoms with Gasteiger partial charge >= 0.3 is 12.0 Å². The molecular weight excluding hydrogens is 447 g/mol. The number of urea groups is 1. The molecule has 150 valence electrons. The van der Waals surface area contributed by atoms with Crippen LogP contribution in [-0.2, 0) is 20.9 Å². The largest absolute Gasteiger partial charge is 0.481 e. The van der Waals surface area contributed by atoms with Crippen LogP contribution in [-0.4, -0.2) is 36.5 Å². The number of esters is 1. The molecule has 7 nitrogen and oxygen atoms in total. The molecule has 29 heavy (non-hydrogen) atoms. The van der Waals surface area contributed by atoms with E-state index >= 15 is 0 Å². The molecule has 0 atom stereocenters. The Bertz CT molecular complexity index is 991. The summed E-state index contributed by atoms with van der Waals surface area (Å²) in [6.45, 7) is -0.200. The highest BCUT2D eigenvalue weighted by atomic mass is 79.9. The number of ether oxygens (including phenoxy) is 2. The van der Waals surface area contributed by atoms with Gasteiger partial charge in [-0.3, -0.25) is 9.69 Å². The summed E-state index contributed by atoms with van der Waals surface area (Å²) >= 11 is 3.34. The van der Waals surface area contributed by atoms with Crippen molar-refractivity contribution in [3.05, 3.63) is 69.6 Å². The fourth-order valence-electron chi connectivity index (χ4n) is 2.57. The van der Waals surface area contributed by atoms with E-state index in [1.54, 1.807) is 18.2 Å². The first-order valence-corrected chi connectivity index (χ1v) is 9.25. The summed E-state index contributed by atoms with van der Waals surface area (Å²) in [5.74, 6) is -0.960. The van der Waals surface area contributed by atoms with Crippen molar-refractivity contribution >= 4 is 39.9 Å². The Hall–Kier alpha value is -3.20. The zero-order chi connectivity index (χ0) is 21.0. The molecule has 1 fully saturated rings. The van der Waals surface area contributed by atoms with Gasteiger partial charge in [-0.1, -0.05) is 18.2 Å². The van der Waals surface area contributed by atoms with Crippen LogP contribution in [0.5, 0.6) is 5.75 Å². The molecule has 0 aromatic heterocycles. The minimum Gasteiger partial charge on any atom is -0.481 e. The molecule has 1 N–H and O–H groups in total. The topological polar surface area (TPSA) is 84.9 Å². The highest BCUT2D eigenvalue weighted by molar-refractivity contribution is 9.10. The van der Waals surface area contributed by atoms with E-state index in [-0.39, 0.29) is 18.8 Å². The number of carbonyl (C=O) groups excluding carboxylic acids is 3. The number of nitrogens with one attached hydrogen (secondary N) is 1. The van der Waals surface area contributed by atoms with Gasteiger partial charge in [-0.25, -0.2) is 14.0 Å². The number of benzene rings is 2. The molecular formula is C20H16BrFN2O5. The molecule has 0 radical (unpaired) electrons. The Morgan fingerprint density at radius 1 is 1.21 bits per heavy atom. The van der Waals surface area contributed by atoms with Crippen LogP contribution in [0.3, 0.4) is 0 Å². The van der Waals surface area contributed by atoms with Gasteiger partial charge in [-0.2, -0.15) is 0 Å². The number of rotatable bonds is 6. The third-order valence-electron chi connectivity index (χ3n) is 4.06. The Balaban J connectivity index is 1.72. The summed E-state index contributed by atoms with van der Waals surface area (Å²) in [4.78, 5) is 36.9. The summed E-state index contributed by atoms with van der Waals surface area (Å²) in [7, 11) is 1.27. The SMILES string of the molecule is COC(=O)COc1ccc(C=C2NC(=O)N(Cc3ccc(F)cc3)C2=O)cc1Br. The van der Waals surface area contributed by atoms with Crippen molar-refractivity contribution in [2.24, 2.45) is 0 Å². The lowest BCUT2D eigenvalue weighted by Gasteiger charge is -2.11. The quantitative estimate of drug-likeness (QED) is 0.404. The van der Waals surface area contributed by atoms with Crippen LogP contribution in [0, 0.1) is 5.82 Å². The average molecular weight is 463 g/mol. The monoisotopic (exact) mass is 462 g/mol. The van der Waals surface area contributed by atoms with Crippen molar-refractivity contribution in [2.75, 3.05) is 13.7 Å². The van der Waals surface area contributed by atoms with E-state index in [4.69, 9.17) is 4.74 Å². The Labute approximate surface area is 174 Å². The lowest BCUT2D eigenvalue weighted by Crippen LogP contribution is -2.30. The first-order chi connectivity index (χ1) is 13.9. The maximum Gasteiger partial charge on any atom is 0.343 e. The molecule has 0 spiro atoms. The summed E-state index contributed by atoms with van der Waals surface area (Å²) in [6, 6.07) is 9.99. The molecule has 3 rings (SSSR count). The molecule has 1 aliphatic rings. The van der Waals surface area contributed by atoms with E-state index in [1.807, 2.05) is 0 Å². The molecule has 0 saturated carbocycles. The molecule has 1 heterocycles. The van der Waals surface area contributed by atoms with Crippen molar-refractivity contribution < 1.29 is 28.2 Å². The summed E-state index contributed by atoms with van der Waals surface area (Å²) in [6.07, 6.45) is 1.53. The van der Waals surface area contributed by atoms with E-state index in [9.17, 15) is 18.8 Å². The Morgan fingerprint density at radius 2 is 1.93 bits per heavy atom. The minimum absolute atomic E-state index is 0.0340. The van der Waals surface area contributed by atoms with Crippen molar-refractivity contribution in [3.8, 4) is 5.75 Å². The number of carbonyl (C=O) groups is 3. The zero-order valence-electron chi connectivity index (χ0n) is 15.3. The Kier molecular flexibility index (Phi) is 6.28. The van der Waals surface area contributed by atoms with Crippen molar-refractivity contribution in [1.29, 1.82) is 0 Å². The highest BCUT2D eigenvalue weighted by Gasteiger charge is 2.33. The highest BCUT2D eigenvalue weighted by Crippen LogP contribution is 2.27. The van der Waals surface area contributed by atoms with E-state index in [2.05, 4.69) is 26.0 Å². The maximum absolute atomic E-state index is 13.0. The summed E-state index contributed by atoms with van der Waals surface area (Å²) < 4.78 is 23.4. The molecule has 0 unspecified atom stereocenters. The summed E-state index contributed by atoms with van der Waals surface area (Å²) in [5, 5.41) is 2.53. The number of hydrogen-bond acceptors (Lipinski definition) is 5. The fourth-order valence-corrected chi connectivity index (χ4v) is 3.08. The predicted molar refractivity (Wildman–Crippen MR) is 105 cm³/mol. The third-order valence-corrected chi connectivity index (χ3v) is 4.68. The molecule has 2 aromatic carbocycles. The molecule has 1 saturated heterocycles. The van der Waals surface area contributed by atoms with E-state index in [1.165, 1.54) is 37.5 Å². The van der Waals surface area contributed by atoms with Gasteiger partial charge in [-0.15, -0.1) is 0 Å². The van der Waals surface area contributed by atoms with Gasteiger partial charge in [0, 0.05) is 0 Å². The van der Waals surface area contributed by atoms with Crippen LogP contribution >= 0.6 is 15.9 Å². The second kappa shape index (κ2) is 8.87. The predicted octanol–water partition coefficient (Wildman–Crippen LogP) is 3.23. The van der Waals surface area contributed by atoms with Crippen molar-refractivity contribution in [1.82, 2.24) is 10.2 Å². The van der Waals surface area contributed by atoms with E-state index < -0.39 is 23.7 Å². The first-order valence-electron chi connectivity index (χ1n) is 8.45. The lowest BCUT2D eigenvalue weighted by molar-refractivity contribution is -0.142. The number of methoxy groups -OCH3 is 1. The molecule has 1 aliphatic heterocycles. The fraction of sp³-hybridized carbons (Fsp3) is 0.150. The van der Waals surface area contributed by atoms with E-state index in [0.717, 1.165) is 4.90 Å². The second-order valence-electron chi connectivity index (χ2n) is 6.06. The van der Waals surface area contributed by atoms with Gasteiger partial charge < -0.3 is 14.8 Å². The number of halogens is 2. The van der Waals surface area contributed by atoms with Crippen LogP contribution in [0.25, 0.3) is 6.08 Å². The first kappa shape index (κ1) is 20.5. The molecule has 9 heteroatoms. The normalized spacial score (nSPS) is 14.9. The number of amides is 3. The van der Waals surface area contributed by atoms with Gasteiger partial charge in [-0.05, 0) is 57.4 Å². The lowest BCUT2D eigenvalue weighted by atomic mass is 10.1. The minimum atomic E-state index is -0.553. The van der Waals surface area contributed by atoms with Gasteiger partial charge in [0.25, 0.3) is 5.91 Å². The second-order valence-corrected chi connectivity index (χ2v) is 6.91. The van der Waals surface area contributed by atoms with Crippen molar-refractivity contribution in [2.45, 2.75) is 6.54 Å². The van der Waals surface area contributed by atoms with Gasteiger partial charge in [0.1, 0.15) is 17.3 Å². The summed E-state index contributed by atoms with van der Waals surface area (Å²) in [5.41, 5.74) is 1.38. The van der Waals surface area contributed by atoms with Crippen LogP contribution in [0.15, 0.2) is 52.6 Å². The average Bonchev–Trinajstić information content (AvgIpc) is 2.96. The van der Waals surface area contributed by atoms with Crippen LogP contribution in [0.4, 0.5) is 9.18 Å². The van der Waals surface area contributed by atoms with Crippen LogP contribution in [0.2, 0.25) is 0 Å². The van der Waals surface area contributed by atoms with Gasteiger partial charge in [0.2, 0.25) is 0 Å². The standard InChI is InChI=1S/C20H16BrFN2O5/c1-28-18(25)11-29-17-7-4-13(8-15(17)21)9-16-19(26)24(20(27)23-16)10-12-2-5-14(22)6-3-12/h2-9H,10-11H2,1H3,(H,23,27). The number of nitrogens with zero attached hydrogens (tertiary/aromatic N) is 1. The third kappa shape index (κ3) is 5.00. The number of imide groups is 1. The van der Waals surface area contributed by atoms with Gasteiger partial charge in [0.05, 0.1) is 18.1 Å². The molecule has 0 aliphatic carbocycles. The van der Waals surface area contributed by atoms with Gasteiger partial charge in [0.15, 0.2) is 6.61 Å². The van der Waals surface area contributed by atoms with Crippen LogP contribution in [0.1, 0.15) is 11.1 Å². The molecule has 2 aromatic rings. The van der Waals surface area contributed by atoms with Crippen molar-refractivity contribution in [3.63, 3.8) is 0 Å². The van der Waals surface area contributed by atoms with Crippen LogP contribution < -0.4 is 10.1 Å². The maximum atomic E-state index is 13.0. The number of hydrogen-bond donors (Lipinski definition) is 1.